The van der Waals surface area contributed by atoms with Gasteiger partial charge < -0.3 is 9.30 Å². The van der Waals surface area contributed by atoms with E-state index in [0.29, 0.717) is 17.3 Å². The van der Waals surface area contributed by atoms with Crippen molar-refractivity contribution in [3.8, 4) is 5.75 Å². The van der Waals surface area contributed by atoms with Crippen molar-refractivity contribution in [1.29, 1.82) is 0 Å². The molecule has 0 amide bonds. The minimum Gasteiger partial charge on any atom is -0.497 e. The van der Waals surface area contributed by atoms with E-state index >= 15 is 0 Å². The lowest BCUT2D eigenvalue weighted by Crippen LogP contribution is -2.21. The molecule has 0 saturated carbocycles. The van der Waals surface area contributed by atoms with Crippen LogP contribution in [-0.4, -0.2) is 11.7 Å². The smallest absolute Gasteiger partial charge is 0.253 e. The molecule has 3 nitrogen and oxygen atoms in total. The molecule has 0 aliphatic rings. The van der Waals surface area contributed by atoms with Crippen molar-refractivity contribution < 1.29 is 4.74 Å². The van der Waals surface area contributed by atoms with Gasteiger partial charge in [0.05, 0.1) is 13.7 Å². The lowest BCUT2D eigenvalue weighted by Gasteiger charge is -2.09. The number of ether oxygens (including phenoxy) is 1. The van der Waals surface area contributed by atoms with E-state index in [-0.39, 0.29) is 5.56 Å². The maximum absolute atomic E-state index is 11.9. The van der Waals surface area contributed by atoms with Gasteiger partial charge in [0, 0.05) is 16.8 Å². The first-order valence-electron chi connectivity index (χ1n) is 5.60. The number of benzene rings is 1. The van der Waals surface area contributed by atoms with Crippen molar-refractivity contribution in [1.82, 2.24) is 4.57 Å². The standard InChI is InChI=1S/C14H14ClNO2/c1-10-4-3-7-16(14(10)17)9-11-5-6-12(18-2)8-13(11)15/h3-8H,9H2,1-2H3. The van der Waals surface area contributed by atoms with Gasteiger partial charge in [-0.05, 0) is 30.7 Å². The normalized spacial score (nSPS) is 10.4. The first kappa shape index (κ1) is 12.7. The van der Waals surface area contributed by atoms with Crippen LogP contribution in [-0.2, 0) is 6.54 Å². The maximum Gasteiger partial charge on any atom is 0.253 e. The van der Waals surface area contributed by atoms with E-state index in [1.165, 1.54) is 0 Å². The molecule has 0 fully saturated rings. The van der Waals surface area contributed by atoms with E-state index in [1.807, 2.05) is 18.2 Å². The topological polar surface area (TPSA) is 31.2 Å². The lowest BCUT2D eigenvalue weighted by molar-refractivity contribution is 0.414. The number of nitrogens with zero attached hydrogens (tertiary/aromatic N) is 1. The van der Waals surface area contributed by atoms with E-state index in [2.05, 4.69) is 0 Å². The predicted octanol–water partition coefficient (Wildman–Crippen LogP) is 2.87. The van der Waals surface area contributed by atoms with Crippen LogP contribution in [0.25, 0.3) is 0 Å². The molecule has 0 radical (unpaired) electrons. The SMILES string of the molecule is COc1ccc(Cn2cccc(C)c2=O)c(Cl)c1. The molecular formula is C14H14ClNO2. The van der Waals surface area contributed by atoms with Crippen LogP contribution in [0.4, 0.5) is 0 Å². The van der Waals surface area contributed by atoms with Crippen LogP contribution in [0.2, 0.25) is 5.02 Å². The monoisotopic (exact) mass is 263 g/mol. The summed E-state index contributed by atoms with van der Waals surface area (Å²) in [6.45, 7) is 2.26. The summed E-state index contributed by atoms with van der Waals surface area (Å²) in [6.07, 6.45) is 1.76. The molecule has 2 rings (SSSR count). The number of methoxy groups -OCH3 is 1. The highest BCUT2D eigenvalue weighted by Gasteiger charge is 2.05. The van der Waals surface area contributed by atoms with Crippen molar-refractivity contribution in [2.24, 2.45) is 0 Å². The van der Waals surface area contributed by atoms with Crippen LogP contribution in [0.3, 0.4) is 0 Å². The molecule has 1 aromatic carbocycles. The van der Waals surface area contributed by atoms with Gasteiger partial charge in [-0.1, -0.05) is 23.7 Å². The third-order valence-corrected chi connectivity index (χ3v) is 3.16. The Bertz CT molecular complexity index is 619. The van der Waals surface area contributed by atoms with Crippen LogP contribution in [0, 0.1) is 6.92 Å². The van der Waals surface area contributed by atoms with Gasteiger partial charge >= 0.3 is 0 Å². The average molecular weight is 264 g/mol. The summed E-state index contributed by atoms with van der Waals surface area (Å²) in [5.41, 5.74) is 1.62. The van der Waals surface area contributed by atoms with Crippen LogP contribution in [0.5, 0.6) is 5.75 Å². The van der Waals surface area contributed by atoms with Crippen molar-refractivity contribution in [2.45, 2.75) is 13.5 Å². The third kappa shape index (κ3) is 2.57. The van der Waals surface area contributed by atoms with Crippen molar-refractivity contribution in [3.63, 3.8) is 0 Å². The zero-order valence-corrected chi connectivity index (χ0v) is 11.1. The Hall–Kier alpha value is -1.74. The van der Waals surface area contributed by atoms with Gasteiger partial charge in [-0.2, -0.15) is 0 Å². The number of halogens is 1. The van der Waals surface area contributed by atoms with Crippen LogP contribution in [0.15, 0.2) is 41.3 Å². The molecule has 2 aromatic rings. The van der Waals surface area contributed by atoms with E-state index < -0.39 is 0 Å². The Kier molecular flexibility index (Phi) is 3.72. The fourth-order valence-corrected chi connectivity index (χ4v) is 1.98. The number of hydrogen-bond donors (Lipinski definition) is 0. The third-order valence-electron chi connectivity index (χ3n) is 2.81. The summed E-state index contributed by atoms with van der Waals surface area (Å²) < 4.78 is 6.73. The van der Waals surface area contributed by atoms with E-state index in [1.54, 1.807) is 36.9 Å². The molecule has 18 heavy (non-hydrogen) atoms. The molecule has 0 saturated heterocycles. The summed E-state index contributed by atoms with van der Waals surface area (Å²) in [7, 11) is 1.59. The zero-order chi connectivity index (χ0) is 13.1. The van der Waals surface area contributed by atoms with Crippen molar-refractivity contribution >= 4 is 11.6 Å². The molecule has 0 bridgehead atoms. The Balaban J connectivity index is 2.34. The van der Waals surface area contributed by atoms with Gasteiger partial charge in [-0.25, -0.2) is 0 Å². The molecule has 0 aliphatic carbocycles. The second kappa shape index (κ2) is 5.27. The molecular weight excluding hydrogens is 250 g/mol. The number of rotatable bonds is 3. The molecule has 1 heterocycles. The minimum atomic E-state index is 0.00406. The fourth-order valence-electron chi connectivity index (χ4n) is 1.75. The van der Waals surface area contributed by atoms with Gasteiger partial charge in [-0.3, -0.25) is 4.79 Å². The molecule has 0 aliphatic heterocycles. The molecule has 94 valence electrons. The Morgan fingerprint density at radius 3 is 2.78 bits per heavy atom. The molecule has 1 aromatic heterocycles. The van der Waals surface area contributed by atoms with Crippen LogP contribution in [0.1, 0.15) is 11.1 Å². The van der Waals surface area contributed by atoms with Gasteiger partial charge in [-0.15, -0.1) is 0 Å². The van der Waals surface area contributed by atoms with Crippen molar-refractivity contribution in [3.05, 3.63) is 63.0 Å². The van der Waals surface area contributed by atoms with Crippen molar-refractivity contribution in [2.75, 3.05) is 7.11 Å². The second-order valence-electron chi connectivity index (χ2n) is 4.08. The Morgan fingerprint density at radius 2 is 2.11 bits per heavy atom. The first-order chi connectivity index (χ1) is 8.61. The zero-order valence-electron chi connectivity index (χ0n) is 10.3. The fraction of sp³-hybridized carbons (Fsp3) is 0.214. The van der Waals surface area contributed by atoms with Gasteiger partial charge in [0.25, 0.3) is 5.56 Å². The largest absolute Gasteiger partial charge is 0.497 e. The Morgan fingerprint density at radius 1 is 1.33 bits per heavy atom. The van der Waals surface area contributed by atoms with Crippen LogP contribution >= 0.6 is 11.6 Å². The molecule has 0 unspecified atom stereocenters. The van der Waals surface area contributed by atoms with Gasteiger partial charge in [0.2, 0.25) is 0 Å². The summed E-state index contributed by atoms with van der Waals surface area (Å²) in [4.78, 5) is 11.9. The molecule has 0 spiro atoms. The summed E-state index contributed by atoms with van der Waals surface area (Å²) in [5, 5.41) is 0.600. The van der Waals surface area contributed by atoms with Crippen LogP contribution < -0.4 is 10.3 Å². The number of hydrogen-bond acceptors (Lipinski definition) is 2. The molecule has 4 heteroatoms. The lowest BCUT2D eigenvalue weighted by atomic mass is 10.2. The average Bonchev–Trinajstić information content (AvgIpc) is 2.37. The summed E-state index contributed by atoms with van der Waals surface area (Å²) >= 11 is 6.15. The second-order valence-corrected chi connectivity index (χ2v) is 4.49. The highest BCUT2D eigenvalue weighted by molar-refractivity contribution is 6.31. The highest BCUT2D eigenvalue weighted by atomic mass is 35.5. The highest BCUT2D eigenvalue weighted by Crippen LogP contribution is 2.22. The van der Waals surface area contributed by atoms with Gasteiger partial charge in [0.1, 0.15) is 5.75 Å². The quantitative estimate of drug-likeness (QED) is 0.853. The van der Waals surface area contributed by atoms with E-state index in [4.69, 9.17) is 16.3 Å². The first-order valence-corrected chi connectivity index (χ1v) is 5.98. The van der Waals surface area contributed by atoms with Gasteiger partial charge in [0.15, 0.2) is 0 Å². The number of aryl methyl sites for hydroxylation is 1. The Labute approximate surface area is 111 Å². The predicted molar refractivity (Wildman–Crippen MR) is 72.5 cm³/mol. The summed E-state index contributed by atoms with van der Waals surface area (Å²) in [5.74, 6) is 0.709. The van der Waals surface area contributed by atoms with E-state index in [9.17, 15) is 4.79 Å². The summed E-state index contributed by atoms with van der Waals surface area (Å²) in [6, 6.07) is 9.11. The number of pyridine rings is 1. The number of aromatic nitrogens is 1. The van der Waals surface area contributed by atoms with E-state index in [0.717, 1.165) is 11.1 Å². The minimum absolute atomic E-state index is 0.00406. The maximum atomic E-state index is 11.9. The molecule has 0 atom stereocenters. The molecule has 0 N–H and O–H groups in total.